The Bertz CT molecular complexity index is 3560. The monoisotopic (exact) mass is 1230 g/mol. The number of aromatic amines is 2. The van der Waals surface area contributed by atoms with Crippen LogP contribution in [-0.4, -0.2) is 146 Å². The molecule has 0 aliphatic carbocycles. The van der Waals surface area contributed by atoms with Crippen LogP contribution in [0.25, 0.3) is 22.3 Å². The number of Topliss-reactive ketones (excluding diaryl/α,β-unsaturated/α-hetero) is 2. The molecule has 4 aromatic heterocycles. The normalized spacial score (nSPS) is 27.2. The van der Waals surface area contributed by atoms with Crippen molar-refractivity contribution in [3.05, 3.63) is 93.2 Å². The minimum Gasteiger partial charge on any atom is -0.445 e. The number of hydrogen-bond acceptors (Lipinski definition) is 23. The van der Waals surface area contributed by atoms with Crippen molar-refractivity contribution in [1.82, 2.24) is 54.6 Å². The van der Waals surface area contributed by atoms with Gasteiger partial charge in [0.1, 0.15) is 49.0 Å². The van der Waals surface area contributed by atoms with Crippen molar-refractivity contribution in [2.45, 2.75) is 121 Å². The number of carbonyl (C=O) groups is 5. The number of ketones is 2. The Balaban J connectivity index is 0.835. The van der Waals surface area contributed by atoms with Gasteiger partial charge >= 0.3 is 19.6 Å². The van der Waals surface area contributed by atoms with E-state index in [0.717, 1.165) is 12.7 Å². The molecule has 1 aromatic carbocycles. The smallest absolute Gasteiger partial charge is 0.407 e. The third-order valence-corrected chi connectivity index (χ3v) is 17.4. The highest BCUT2D eigenvalue weighted by atomic mass is 32.7. The van der Waals surface area contributed by atoms with Gasteiger partial charge in [-0.05, 0) is 54.7 Å². The van der Waals surface area contributed by atoms with Gasteiger partial charge in [0.05, 0.1) is 31.9 Å². The number of anilines is 2. The molecular formula is C49H61N13O17P2S2. The Labute approximate surface area is 482 Å². The zero-order valence-electron chi connectivity index (χ0n) is 44.8. The van der Waals surface area contributed by atoms with Gasteiger partial charge in [0.15, 0.2) is 40.6 Å². The summed E-state index contributed by atoms with van der Waals surface area (Å²) in [5.41, 5.74) is 11.5. The molecule has 8 heterocycles. The number of nitrogen functional groups attached to an aromatic ring is 2. The third kappa shape index (κ3) is 14.2. The van der Waals surface area contributed by atoms with Gasteiger partial charge in [-0.3, -0.25) is 56.9 Å². The summed E-state index contributed by atoms with van der Waals surface area (Å²) in [6, 6.07) is 4.22. The number of rotatable bonds is 19. The van der Waals surface area contributed by atoms with Crippen molar-refractivity contribution < 1.29 is 70.8 Å². The van der Waals surface area contributed by atoms with Gasteiger partial charge in [-0.1, -0.05) is 63.4 Å². The molecule has 30 nitrogen and oxygen atoms in total. The summed E-state index contributed by atoms with van der Waals surface area (Å²) in [5.74, 6) is -2.26. The number of imidazole rings is 2. The molecule has 4 unspecified atom stereocenters. The van der Waals surface area contributed by atoms with Crippen molar-refractivity contribution in [3.63, 3.8) is 0 Å². The maximum absolute atomic E-state index is 14.0. The number of alkyl carbamates (subject to hydrolysis) is 1. The first-order valence-corrected chi connectivity index (χ1v) is 31.4. The van der Waals surface area contributed by atoms with Crippen LogP contribution in [0.15, 0.2) is 70.9 Å². The molecule has 3 saturated heterocycles. The predicted octanol–water partition coefficient (Wildman–Crippen LogP) is 2.26. The van der Waals surface area contributed by atoms with Crippen LogP contribution in [0, 0.1) is 11.8 Å². The molecule has 9 rings (SSSR count). The maximum Gasteiger partial charge on any atom is 0.407 e. The van der Waals surface area contributed by atoms with Gasteiger partial charge in [0.25, 0.3) is 17.0 Å². The molecule has 5 aromatic rings. The standard InChI is InChI=1S/C49H61N13O17P2S2/c1-23(2)29(17-28(63)8-6-5-7-15-60-24(3)9-14-33(60)65)42(67)54-25(4)30(64)16-26-10-12-27(13-11-26)18-73-49(70)55-34-38-31(76-45(34)61-21-52-35-40(61)56-47(50)58-43(35)68)19-74-81(72,83)79-39-32(20-75-80(71,82)78-38)77-46(37(39)66)62-22-53-36-41(62)57-48(51)59-44(36)69/h9-14,21-23,25,29,31-32,34,37-39,45-46,66H,3,5-8,15-20H2,1-2,4H3,(H,54,67)(H,55,70)(H,71,82)(H,72,83)(H3,50,56,58,68)(H3,51,57,59,69)/t25-,29-,31+,32+,34?,37?,38-,39-,45+,46+,80?,81?/m0/s1. The van der Waals surface area contributed by atoms with Crippen LogP contribution in [0.5, 0.6) is 0 Å². The van der Waals surface area contributed by atoms with Crippen molar-refractivity contribution in [2.75, 3.05) is 31.2 Å². The second-order valence-corrected chi connectivity index (χ2v) is 26.2. The van der Waals surface area contributed by atoms with E-state index in [0.29, 0.717) is 36.2 Å². The number of benzene rings is 1. The van der Waals surface area contributed by atoms with Gasteiger partial charge < -0.3 is 60.3 Å². The Morgan fingerprint density at radius 3 is 2.11 bits per heavy atom. The van der Waals surface area contributed by atoms with Crippen LogP contribution >= 0.6 is 25.8 Å². The first-order chi connectivity index (χ1) is 39.3. The second kappa shape index (κ2) is 25.4. The van der Waals surface area contributed by atoms with Crippen molar-refractivity contribution >= 4 is 101 Å². The van der Waals surface area contributed by atoms with E-state index in [1.807, 2.05) is 13.8 Å². The summed E-state index contributed by atoms with van der Waals surface area (Å²) in [4.78, 5) is 125. The zero-order valence-corrected chi connectivity index (χ0v) is 48.3. The van der Waals surface area contributed by atoms with Crippen LogP contribution in [0.1, 0.15) is 76.5 Å². The fourth-order valence-electron chi connectivity index (χ4n) is 9.90. The molecular weight excluding hydrogens is 1170 g/mol. The molecule has 83 heavy (non-hydrogen) atoms. The van der Waals surface area contributed by atoms with E-state index in [9.17, 15) is 48.1 Å². The lowest BCUT2D eigenvalue weighted by Gasteiger charge is -2.30. The Kier molecular flexibility index (Phi) is 18.6. The Morgan fingerprint density at radius 2 is 1.48 bits per heavy atom. The SMILES string of the molecule is C=C1C=CC(=O)N1CCCCCC(=O)C[C@H](C(=O)N[C@@H](C)C(=O)Cc1ccc(COC(=O)NC2[C@H]3OP(O)(=S)OC[C@H]4O[C@@H](n5cnc6c(=O)[nH]c(N)nc65)C(O)[C@H]4OP(=O)(S)OC[C@H]3O[C@H]2n2cnc3c(=O)[nH]c(N)nc32)cc1)C(C)C. The number of carbonyl (C=O) groups excluding carboxylic acids is 5. The van der Waals surface area contributed by atoms with Crippen LogP contribution in [0.2, 0.25) is 0 Å². The van der Waals surface area contributed by atoms with E-state index < -0.39 is 111 Å². The number of thiol groups is 1. The third-order valence-electron chi connectivity index (χ3n) is 14.3. The van der Waals surface area contributed by atoms with Gasteiger partial charge in [0, 0.05) is 43.5 Å². The minimum absolute atomic E-state index is 0.0263. The van der Waals surface area contributed by atoms with Crippen LogP contribution in [0.4, 0.5) is 16.7 Å². The molecule has 4 aliphatic heterocycles. The van der Waals surface area contributed by atoms with Gasteiger partial charge in [-0.2, -0.15) is 9.97 Å². The molecule has 0 radical (unpaired) electrons. The number of aromatic nitrogens is 8. The van der Waals surface area contributed by atoms with E-state index >= 15 is 0 Å². The summed E-state index contributed by atoms with van der Waals surface area (Å²) >= 11 is 9.64. The summed E-state index contributed by atoms with van der Waals surface area (Å²) in [6.07, 6.45) is -3.83. The molecule has 10 N–H and O–H groups in total. The first kappa shape index (κ1) is 61.0. The number of allylic oxidation sites excluding steroid dienone is 1. The molecule has 446 valence electrons. The summed E-state index contributed by atoms with van der Waals surface area (Å²) < 4.78 is 57.9. The van der Waals surface area contributed by atoms with Crippen molar-refractivity contribution in [1.29, 1.82) is 0 Å². The molecule has 0 bridgehead atoms. The lowest BCUT2D eigenvalue weighted by Crippen LogP contribution is -2.48. The molecule has 3 amide bonds. The topological polar surface area (TPSA) is 414 Å². The molecule has 12 atom stereocenters. The van der Waals surface area contributed by atoms with Gasteiger partial charge in [-0.15, -0.1) is 0 Å². The number of fused-ring (bicyclic) bond motifs is 4. The summed E-state index contributed by atoms with van der Waals surface area (Å²) in [7, 11) is 0. The predicted molar refractivity (Wildman–Crippen MR) is 300 cm³/mol. The summed E-state index contributed by atoms with van der Waals surface area (Å²) in [6.45, 7) is -1.14. The molecule has 34 heteroatoms. The Hall–Kier alpha value is -6.54. The van der Waals surface area contributed by atoms with Crippen LogP contribution in [0.3, 0.4) is 0 Å². The number of ether oxygens (including phenoxy) is 3. The van der Waals surface area contributed by atoms with Crippen LogP contribution in [-0.2, 0) is 80.9 Å². The minimum atomic E-state index is -4.55. The fourth-order valence-corrected chi connectivity index (χ4v) is 12.8. The number of unbranched alkanes of at least 4 members (excludes halogenated alkanes) is 2. The van der Waals surface area contributed by atoms with Gasteiger partial charge in [0.2, 0.25) is 17.8 Å². The quantitative estimate of drug-likeness (QED) is 0.0325. The number of aliphatic hydroxyl groups is 1. The zero-order chi connectivity index (χ0) is 59.7. The number of amides is 3. The van der Waals surface area contributed by atoms with Gasteiger partial charge in [-0.25, -0.2) is 19.3 Å². The van der Waals surface area contributed by atoms with Crippen LogP contribution < -0.4 is 33.2 Å². The lowest BCUT2D eigenvalue weighted by molar-refractivity contribution is -0.133. The first-order valence-electron chi connectivity index (χ1n) is 26.1. The van der Waals surface area contributed by atoms with E-state index in [1.165, 1.54) is 21.5 Å². The number of hydrogen-bond donors (Lipinski definition) is 9. The molecule has 4 aliphatic rings. The van der Waals surface area contributed by atoms with Crippen molar-refractivity contribution in [2.24, 2.45) is 11.8 Å². The van der Waals surface area contributed by atoms with Crippen molar-refractivity contribution in [3.8, 4) is 0 Å². The molecule has 0 saturated carbocycles. The highest BCUT2D eigenvalue weighted by Gasteiger charge is 2.54. The second-order valence-electron chi connectivity index (χ2n) is 20.5. The molecule has 3 fully saturated rings. The number of nitrogens with two attached hydrogens (primary N) is 2. The number of nitrogens with one attached hydrogen (secondary N) is 4. The average Bonchev–Trinajstić information content (AvgIpc) is 3.52. The maximum atomic E-state index is 14.0. The highest BCUT2D eigenvalue weighted by molar-refractivity contribution is 8.44. The number of H-pyrrole nitrogens is 2. The van der Waals surface area contributed by atoms with E-state index in [1.54, 1.807) is 42.2 Å². The lowest BCUT2D eigenvalue weighted by atomic mass is 9.88. The summed E-state index contributed by atoms with van der Waals surface area (Å²) in [5, 5.41) is 17.0. The largest absolute Gasteiger partial charge is 0.445 e. The fraction of sp³-hybridized carbons (Fsp3) is 0.490. The Morgan fingerprint density at radius 1 is 0.880 bits per heavy atom. The van der Waals surface area contributed by atoms with E-state index in [-0.39, 0.29) is 83.5 Å². The number of aliphatic hydroxyl groups excluding tert-OH is 1. The molecule has 0 spiro atoms. The van der Waals surface area contributed by atoms with E-state index in [4.69, 9.17) is 55.6 Å². The average molecular weight is 1230 g/mol. The number of nitrogens with zero attached hydrogens (tertiary/aromatic N) is 7. The van der Waals surface area contributed by atoms with E-state index in [2.05, 4.69) is 59.4 Å². The highest BCUT2D eigenvalue weighted by Crippen LogP contribution is 2.58.